The number of halogens is 6. The second kappa shape index (κ2) is 13.8. The van der Waals surface area contributed by atoms with Gasteiger partial charge < -0.3 is 24.8 Å². The number of likely N-dealkylation sites (tertiary alicyclic amines) is 1. The number of ether oxygens (including phenoxy) is 1. The minimum atomic E-state index is -4.99. The summed E-state index contributed by atoms with van der Waals surface area (Å²) < 4.78 is 86.1. The van der Waals surface area contributed by atoms with Crippen LogP contribution in [-0.2, 0) is 29.2 Å². The molecule has 1 saturated heterocycles. The van der Waals surface area contributed by atoms with Gasteiger partial charge in [-0.3, -0.25) is 19.2 Å². The monoisotopic (exact) mass is 643 g/mol. The highest BCUT2D eigenvalue weighted by Crippen LogP contribution is 2.25. The van der Waals surface area contributed by atoms with Gasteiger partial charge in [0.25, 0.3) is 11.5 Å². The first-order valence-electron chi connectivity index (χ1n) is 13.6. The summed E-state index contributed by atoms with van der Waals surface area (Å²) in [6, 6.07) is 3.36. The van der Waals surface area contributed by atoms with Gasteiger partial charge in [-0.05, 0) is 43.0 Å². The van der Waals surface area contributed by atoms with E-state index in [9.17, 15) is 45.5 Å². The van der Waals surface area contributed by atoms with Crippen LogP contribution in [0.15, 0.2) is 41.5 Å². The Morgan fingerprint density at radius 2 is 1.93 bits per heavy atom. The SMILES string of the molecule is C[C@H]1CCN(C(=O)C(=O)Nc2ccn(CCC(F)Cn3cc(C(=O)NCc4cc(OC(F)(F)F)ccc4F)nn3)c(=O)c2F)C1. The molecule has 2 N–H and O–H groups in total. The number of alkyl halides is 4. The minimum absolute atomic E-state index is 0.231. The van der Waals surface area contributed by atoms with Crippen LogP contribution in [0.5, 0.6) is 5.75 Å². The Morgan fingerprint density at radius 3 is 2.62 bits per heavy atom. The lowest BCUT2D eigenvalue weighted by Crippen LogP contribution is -2.38. The zero-order valence-electron chi connectivity index (χ0n) is 23.6. The molecule has 1 fully saturated rings. The molecule has 1 aliphatic heterocycles. The lowest BCUT2D eigenvalue weighted by Gasteiger charge is -2.16. The first-order valence-corrected chi connectivity index (χ1v) is 13.6. The normalized spacial score (nSPS) is 15.5. The minimum Gasteiger partial charge on any atom is -0.406 e. The molecule has 0 saturated carbocycles. The molecule has 45 heavy (non-hydrogen) atoms. The van der Waals surface area contributed by atoms with Crippen LogP contribution in [0.25, 0.3) is 0 Å². The van der Waals surface area contributed by atoms with E-state index in [1.54, 1.807) is 0 Å². The van der Waals surface area contributed by atoms with Gasteiger partial charge in [0, 0.05) is 37.9 Å². The fourth-order valence-electron chi connectivity index (χ4n) is 4.47. The number of anilines is 1. The summed E-state index contributed by atoms with van der Waals surface area (Å²) in [6.45, 7) is 1.53. The van der Waals surface area contributed by atoms with E-state index in [1.807, 2.05) is 6.92 Å². The smallest absolute Gasteiger partial charge is 0.406 e. The highest BCUT2D eigenvalue weighted by atomic mass is 19.4. The van der Waals surface area contributed by atoms with Gasteiger partial charge in [0.15, 0.2) is 5.69 Å². The molecule has 242 valence electrons. The third-order valence-corrected chi connectivity index (χ3v) is 6.79. The summed E-state index contributed by atoms with van der Waals surface area (Å²) in [5.74, 6) is -5.46. The molecule has 12 nitrogen and oxygen atoms in total. The average molecular weight is 644 g/mol. The van der Waals surface area contributed by atoms with Crippen molar-refractivity contribution in [1.82, 2.24) is 29.8 Å². The number of rotatable bonds is 10. The Kier molecular flexibility index (Phi) is 10.1. The van der Waals surface area contributed by atoms with Gasteiger partial charge in [-0.15, -0.1) is 18.3 Å². The largest absolute Gasteiger partial charge is 0.573 e. The Balaban J connectivity index is 1.27. The summed E-state index contributed by atoms with van der Waals surface area (Å²) in [4.78, 5) is 50.6. The van der Waals surface area contributed by atoms with E-state index in [4.69, 9.17) is 0 Å². The maximum Gasteiger partial charge on any atom is 0.573 e. The molecule has 2 aromatic heterocycles. The maximum atomic E-state index is 14.7. The zero-order chi connectivity index (χ0) is 32.9. The molecule has 1 aliphatic rings. The van der Waals surface area contributed by atoms with Crippen molar-refractivity contribution in [3.63, 3.8) is 0 Å². The van der Waals surface area contributed by atoms with Crippen molar-refractivity contribution < 1.29 is 45.5 Å². The highest BCUT2D eigenvalue weighted by Gasteiger charge is 2.31. The summed E-state index contributed by atoms with van der Waals surface area (Å²) in [5, 5.41) is 11.6. The van der Waals surface area contributed by atoms with Crippen LogP contribution >= 0.6 is 0 Å². The third-order valence-electron chi connectivity index (χ3n) is 6.79. The van der Waals surface area contributed by atoms with Crippen molar-refractivity contribution in [3.05, 3.63) is 69.9 Å². The van der Waals surface area contributed by atoms with Crippen molar-refractivity contribution in [3.8, 4) is 5.75 Å². The van der Waals surface area contributed by atoms with Crippen molar-refractivity contribution in [2.24, 2.45) is 5.92 Å². The Hall–Kier alpha value is -4.90. The molecule has 3 aromatic rings. The quantitative estimate of drug-likeness (QED) is 0.256. The predicted octanol–water partition coefficient (Wildman–Crippen LogP) is 2.78. The molecule has 1 unspecified atom stereocenters. The number of benzene rings is 1. The van der Waals surface area contributed by atoms with Gasteiger partial charge in [0.05, 0.1) is 18.4 Å². The highest BCUT2D eigenvalue weighted by molar-refractivity contribution is 6.39. The van der Waals surface area contributed by atoms with Crippen LogP contribution in [0.1, 0.15) is 35.8 Å². The van der Waals surface area contributed by atoms with E-state index < -0.39 is 72.0 Å². The number of pyridine rings is 1. The van der Waals surface area contributed by atoms with Crippen molar-refractivity contribution >= 4 is 23.4 Å². The standard InChI is InChI=1S/C27H27F6N7O5/c1-15-4-7-39(12-15)26(44)24(42)35-20-6-9-38(25(43)22(20)30)8-5-17(28)13-40-14-21(36-37-40)23(41)34-11-16-10-18(2-3-19(16)29)45-27(31,32)33/h2-3,6,9-10,14-15,17H,4-5,7-8,11-13H2,1H3,(H,34,41)(H,35,42)/t15-,17?/m0/s1. The maximum absolute atomic E-state index is 14.7. The number of carbonyl (C=O) groups excluding carboxylic acids is 3. The molecule has 3 heterocycles. The Bertz CT molecular complexity index is 1630. The van der Waals surface area contributed by atoms with Crippen LogP contribution in [0.4, 0.5) is 32.0 Å². The van der Waals surface area contributed by atoms with Crippen molar-refractivity contribution in [2.75, 3.05) is 18.4 Å². The number of nitrogens with one attached hydrogen (secondary N) is 2. The van der Waals surface area contributed by atoms with Gasteiger partial charge in [-0.1, -0.05) is 12.1 Å². The molecule has 0 bridgehead atoms. The van der Waals surface area contributed by atoms with Crippen LogP contribution in [0.2, 0.25) is 0 Å². The van der Waals surface area contributed by atoms with Gasteiger partial charge in [-0.2, -0.15) is 4.39 Å². The molecule has 2 atom stereocenters. The number of aromatic nitrogens is 4. The van der Waals surface area contributed by atoms with Crippen LogP contribution in [-0.4, -0.2) is 67.8 Å². The van der Waals surface area contributed by atoms with Crippen LogP contribution in [0.3, 0.4) is 0 Å². The number of nitrogens with zero attached hydrogens (tertiary/aromatic N) is 5. The van der Waals surface area contributed by atoms with Gasteiger partial charge in [0.2, 0.25) is 5.82 Å². The van der Waals surface area contributed by atoms with E-state index >= 15 is 0 Å². The second-order valence-corrected chi connectivity index (χ2v) is 10.3. The second-order valence-electron chi connectivity index (χ2n) is 10.3. The molecular formula is C27H27F6N7O5. The molecule has 4 rings (SSSR count). The summed E-state index contributed by atoms with van der Waals surface area (Å²) >= 11 is 0. The number of carbonyl (C=O) groups is 3. The fourth-order valence-corrected chi connectivity index (χ4v) is 4.47. The molecule has 3 amide bonds. The first-order chi connectivity index (χ1) is 21.2. The van der Waals surface area contributed by atoms with E-state index in [2.05, 4.69) is 25.7 Å². The molecular weight excluding hydrogens is 616 g/mol. The van der Waals surface area contributed by atoms with Crippen molar-refractivity contribution in [2.45, 2.75) is 51.9 Å². The first kappa shape index (κ1) is 33.0. The van der Waals surface area contributed by atoms with Crippen molar-refractivity contribution in [1.29, 1.82) is 0 Å². The summed E-state index contributed by atoms with van der Waals surface area (Å²) in [5.41, 5.74) is -2.22. The molecule has 1 aromatic carbocycles. The van der Waals surface area contributed by atoms with E-state index in [0.717, 1.165) is 52.3 Å². The lowest BCUT2D eigenvalue weighted by molar-refractivity contribution is -0.274. The summed E-state index contributed by atoms with van der Waals surface area (Å²) in [6.07, 6.45) is -3.96. The van der Waals surface area contributed by atoms with Crippen LogP contribution < -0.4 is 20.9 Å². The summed E-state index contributed by atoms with van der Waals surface area (Å²) in [7, 11) is 0. The van der Waals surface area contributed by atoms with Gasteiger partial charge >= 0.3 is 18.2 Å². The zero-order valence-corrected chi connectivity index (χ0v) is 23.6. The average Bonchev–Trinajstić information content (AvgIpc) is 3.63. The lowest BCUT2D eigenvalue weighted by atomic mass is 10.2. The van der Waals surface area contributed by atoms with Gasteiger partial charge in [0.1, 0.15) is 17.7 Å². The van der Waals surface area contributed by atoms with Crippen LogP contribution in [0, 0.1) is 17.6 Å². The van der Waals surface area contributed by atoms with E-state index in [-0.39, 0.29) is 30.1 Å². The topological polar surface area (TPSA) is 140 Å². The number of amides is 3. The molecule has 0 radical (unpaired) electrons. The number of aryl methyl sites for hydroxylation is 1. The molecule has 0 aliphatic carbocycles. The Morgan fingerprint density at radius 1 is 1.18 bits per heavy atom. The fraction of sp³-hybridized carbons (Fsp3) is 0.407. The predicted molar refractivity (Wildman–Crippen MR) is 143 cm³/mol. The van der Waals surface area contributed by atoms with E-state index in [1.165, 1.54) is 4.90 Å². The molecule has 0 spiro atoms. The molecule has 18 heteroatoms. The third kappa shape index (κ3) is 8.82. The Labute approximate surface area is 250 Å². The van der Waals surface area contributed by atoms with Gasteiger partial charge in [-0.25, -0.2) is 13.5 Å². The number of hydrogen-bond acceptors (Lipinski definition) is 7. The van der Waals surface area contributed by atoms with E-state index in [0.29, 0.717) is 13.1 Å². The number of hydrogen-bond donors (Lipinski definition) is 2.